The van der Waals surface area contributed by atoms with Crippen molar-refractivity contribution in [2.75, 3.05) is 11.4 Å². The SMILES string of the molecule is O=C(CN(Cc1ccccc1)c1nc(Cc2ccccc2)ns1)NCc1cccnc1. The molecule has 156 valence electrons. The minimum absolute atomic E-state index is 0.0698. The number of nitrogens with one attached hydrogen (secondary N) is 1. The summed E-state index contributed by atoms with van der Waals surface area (Å²) in [5, 5.41) is 3.71. The molecule has 7 heteroatoms. The first-order chi connectivity index (χ1) is 15.3. The Hall–Kier alpha value is -3.58. The number of aromatic nitrogens is 3. The molecule has 0 radical (unpaired) electrons. The van der Waals surface area contributed by atoms with Crippen LogP contribution >= 0.6 is 11.5 Å². The Morgan fingerprint density at radius 2 is 1.61 bits per heavy atom. The molecule has 0 aliphatic rings. The van der Waals surface area contributed by atoms with Gasteiger partial charge in [-0.25, -0.2) is 4.98 Å². The van der Waals surface area contributed by atoms with Gasteiger partial charge in [-0.2, -0.15) is 4.37 Å². The number of anilines is 1. The highest BCUT2D eigenvalue weighted by molar-refractivity contribution is 7.09. The Labute approximate surface area is 185 Å². The van der Waals surface area contributed by atoms with Crippen LogP contribution in [0, 0.1) is 0 Å². The summed E-state index contributed by atoms with van der Waals surface area (Å²) in [5.41, 5.74) is 3.24. The van der Waals surface area contributed by atoms with Crippen molar-refractivity contribution < 1.29 is 4.79 Å². The number of rotatable bonds is 9. The molecule has 0 atom stereocenters. The Morgan fingerprint density at radius 3 is 2.32 bits per heavy atom. The molecule has 1 amide bonds. The predicted molar refractivity (Wildman–Crippen MR) is 123 cm³/mol. The van der Waals surface area contributed by atoms with Crippen molar-refractivity contribution >= 4 is 22.6 Å². The minimum atomic E-state index is -0.0698. The van der Waals surface area contributed by atoms with Gasteiger partial charge in [-0.3, -0.25) is 9.78 Å². The van der Waals surface area contributed by atoms with E-state index in [-0.39, 0.29) is 12.5 Å². The molecule has 0 unspecified atom stereocenters. The molecule has 4 aromatic rings. The van der Waals surface area contributed by atoms with Crippen LogP contribution in [0.3, 0.4) is 0 Å². The Kier molecular flexibility index (Phi) is 6.97. The summed E-state index contributed by atoms with van der Waals surface area (Å²) < 4.78 is 4.52. The van der Waals surface area contributed by atoms with Crippen LogP contribution in [-0.2, 0) is 24.3 Å². The van der Waals surface area contributed by atoms with Crippen molar-refractivity contribution in [1.82, 2.24) is 19.7 Å². The average Bonchev–Trinajstić information content (AvgIpc) is 3.28. The van der Waals surface area contributed by atoms with Gasteiger partial charge in [0, 0.05) is 43.4 Å². The molecule has 1 N–H and O–H groups in total. The lowest BCUT2D eigenvalue weighted by Gasteiger charge is -2.21. The van der Waals surface area contributed by atoms with E-state index < -0.39 is 0 Å². The summed E-state index contributed by atoms with van der Waals surface area (Å²) >= 11 is 1.33. The van der Waals surface area contributed by atoms with E-state index in [4.69, 9.17) is 4.98 Å². The number of pyridine rings is 1. The zero-order chi connectivity index (χ0) is 21.3. The van der Waals surface area contributed by atoms with Gasteiger partial charge in [0.25, 0.3) is 0 Å². The maximum absolute atomic E-state index is 12.7. The smallest absolute Gasteiger partial charge is 0.239 e. The number of benzene rings is 2. The standard InChI is InChI=1S/C24H23N5OS/c30-23(26-16-21-12-7-13-25-15-21)18-29(17-20-10-5-2-6-11-20)24-27-22(28-31-24)14-19-8-3-1-4-9-19/h1-13,15H,14,16-18H2,(H,26,30). The van der Waals surface area contributed by atoms with E-state index in [1.54, 1.807) is 12.4 Å². The Balaban J connectivity index is 1.45. The van der Waals surface area contributed by atoms with Crippen molar-refractivity contribution in [1.29, 1.82) is 0 Å². The molecule has 0 saturated heterocycles. The zero-order valence-electron chi connectivity index (χ0n) is 17.0. The van der Waals surface area contributed by atoms with Crippen LogP contribution in [0.1, 0.15) is 22.5 Å². The van der Waals surface area contributed by atoms with Crippen molar-refractivity contribution in [3.63, 3.8) is 0 Å². The van der Waals surface area contributed by atoms with E-state index in [0.717, 1.165) is 27.6 Å². The van der Waals surface area contributed by atoms with Gasteiger partial charge in [0.1, 0.15) is 5.82 Å². The molecule has 4 rings (SSSR count). The van der Waals surface area contributed by atoms with Gasteiger partial charge in [-0.1, -0.05) is 66.7 Å². The van der Waals surface area contributed by atoms with Crippen LogP contribution in [0.4, 0.5) is 5.13 Å². The fraction of sp³-hybridized carbons (Fsp3) is 0.167. The summed E-state index contributed by atoms with van der Waals surface area (Å²) in [4.78, 5) is 23.4. The second-order valence-electron chi connectivity index (χ2n) is 7.14. The molecule has 0 bridgehead atoms. The van der Waals surface area contributed by atoms with E-state index in [0.29, 0.717) is 19.5 Å². The number of carbonyl (C=O) groups excluding carboxylic acids is 1. The Bertz CT molecular complexity index is 1090. The largest absolute Gasteiger partial charge is 0.350 e. The van der Waals surface area contributed by atoms with Gasteiger partial charge in [-0.15, -0.1) is 0 Å². The second-order valence-corrected chi connectivity index (χ2v) is 7.87. The molecular weight excluding hydrogens is 406 g/mol. The first-order valence-electron chi connectivity index (χ1n) is 10.1. The molecular formula is C24H23N5OS. The number of hydrogen-bond acceptors (Lipinski definition) is 6. The highest BCUT2D eigenvalue weighted by Crippen LogP contribution is 2.21. The molecule has 0 fully saturated rings. The molecule has 2 aromatic heterocycles. The van der Waals surface area contributed by atoms with Crippen LogP contribution < -0.4 is 10.2 Å². The zero-order valence-corrected chi connectivity index (χ0v) is 17.8. The van der Waals surface area contributed by atoms with Crippen LogP contribution in [0.15, 0.2) is 85.2 Å². The summed E-state index contributed by atoms with van der Waals surface area (Å²) in [7, 11) is 0. The van der Waals surface area contributed by atoms with Crippen molar-refractivity contribution in [3.8, 4) is 0 Å². The maximum Gasteiger partial charge on any atom is 0.239 e. The highest BCUT2D eigenvalue weighted by atomic mass is 32.1. The average molecular weight is 430 g/mol. The molecule has 0 aliphatic heterocycles. The van der Waals surface area contributed by atoms with Crippen molar-refractivity contribution in [3.05, 3.63) is 108 Å². The molecule has 31 heavy (non-hydrogen) atoms. The molecule has 0 aliphatic carbocycles. The lowest BCUT2D eigenvalue weighted by molar-refractivity contribution is -0.119. The number of nitrogens with zero attached hydrogens (tertiary/aromatic N) is 4. The van der Waals surface area contributed by atoms with E-state index in [2.05, 4.69) is 26.8 Å². The van der Waals surface area contributed by atoms with Gasteiger partial charge < -0.3 is 10.2 Å². The predicted octanol–water partition coefficient (Wildman–Crippen LogP) is 3.85. The van der Waals surface area contributed by atoms with Gasteiger partial charge in [-0.05, 0) is 22.8 Å². The van der Waals surface area contributed by atoms with Crippen LogP contribution in [-0.4, -0.2) is 26.8 Å². The van der Waals surface area contributed by atoms with E-state index >= 15 is 0 Å². The number of amides is 1. The third kappa shape index (κ3) is 6.20. The topological polar surface area (TPSA) is 71.0 Å². The Morgan fingerprint density at radius 1 is 0.903 bits per heavy atom. The van der Waals surface area contributed by atoms with E-state index in [1.807, 2.05) is 65.6 Å². The quantitative estimate of drug-likeness (QED) is 0.438. The second kappa shape index (κ2) is 10.4. The normalized spacial score (nSPS) is 10.6. The van der Waals surface area contributed by atoms with Gasteiger partial charge in [0.15, 0.2) is 0 Å². The monoisotopic (exact) mass is 429 g/mol. The third-order valence-electron chi connectivity index (χ3n) is 4.70. The molecule has 2 aromatic carbocycles. The molecule has 2 heterocycles. The van der Waals surface area contributed by atoms with Crippen LogP contribution in [0.2, 0.25) is 0 Å². The lowest BCUT2D eigenvalue weighted by atomic mass is 10.1. The first-order valence-corrected chi connectivity index (χ1v) is 10.8. The van der Waals surface area contributed by atoms with Crippen LogP contribution in [0.25, 0.3) is 0 Å². The molecule has 6 nitrogen and oxygen atoms in total. The highest BCUT2D eigenvalue weighted by Gasteiger charge is 2.17. The first kappa shape index (κ1) is 20.7. The summed E-state index contributed by atoms with van der Waals surface area (Å²) in [5.74, 6) is 0.694. The van der Waals surface area contributed by atoms with E-state index in [9.17, 15) is 4.79 Å². The third-order valence-corrected chi connectivity index (χ3v) is 5.51. The fourth-order valence-electron chi connectivity index (χ4n) is 3.15. The van der Waals surface area contributed by atoms with Gasteiger partial charge in [0.2, 0.25) is 11.0 Å². The summed E-state index contributed by atoms with van der Waals surface area (Å²) in [6.45, 7) is 1.23. The minimum Gasteiger partial charge on any atom is -0.350 e. The fourth-order valence-corrected chi connectivity index (χ4v) is 3.83. The number of carbonyl (C=O) groups is 1. The van der Waals surface area contributed by atoms with Crippen molar-refractivity contribution in [2.45, 2.75) is 19.5 Å². The summed E-state index contributed by atoms with van der Waals surface area (Å²) in [6.07, 6.45) is 4.14. The lowest BCUT2D eigenvalue weighted by Crippen LogP contribution is -2.36. The molecule has 0 spiro atoms. The number of hydrogen-bond donors (Lipinski definition) is 1. The van der Waals surface area contributed by atoms with Gasteiger partial charge in [0.05, 0.1) is 6.54 Å². The van der Waals surface area contributed by atoms with E-state index in [1.165, 1.54) is 11.5 Å². The van der Waals surface area contributed by atoms with Gasteiger partial charge >= 0.3 is 0 Å². The molecule has 0 saturated carbocycles. The summed E-state index contributed by atoms with van der Waals surface area (Å²) in [6, 6.07) is 24.0. The van der Waals surface area contributed by atoms with Crippen LogP contribution in [0.5, 0.6) is 0 Å². The van der Waals surface area contributed by atoms with Crippen molar-refractivity contribution in [2.24, 2.45) is 0 Å². The maximum atomic E-state index is 12.7.